The van der Waals surface area contributed by atoms with Gasteiger partial charge in [-0.05, 0) is 23.8 Å². The number of pyridine rings is 1. The molecule has 8 nitrogen and oxygen atoms in total. The van der Waals surface area contributed by atoms with E-state index in [1.54, 1.807) is 29.2 Å². The van der Waals surface area contributed by atoms with Crippen LogP contribution in [0.2, 0.25) is 0 Å². The second-order valence-electron chi connectivity index (χ2n) is 6.91. The van der Waals surface area contributed by atoms with Gasteiger partial charge in [0.15, 0.2) is 0 Å². The molecule has 29 heavy (non-hydrogen) atoms. The second kappa shape index (κ2) is 6.90. The highest BCUT2D eigenvalue weighted by molar-refractivity contribution is 6.04. The number of benzene rings is 1. The lowest BCUT2D eigenvalue weighted by atomic mass is 10.2. The van der Waals surface area contributed by atoms with Crippen LogP contribution in [0.25, 0.3) is 11.0 Å². The summed E-state index contributed by atoms with van der Waals surface area (Å²) in [7, 11) is 0. The van der Waals surface area contributed by atoms with E-state index in [0.29, 0.717) is 42.4 Å². The van der Waals surface area contributed by atoms with E-state index in [-0.39, 0.29) is 11.8 Å². The SMILES string of the molecule is O=C(Nc1cnn(Cc2ccccc2)c1)c1ccc2cc3n(c2n1)CCNC3=O. The lowest BCUT2D eigenvalue weighted by molar-refractivity contribution is 0.0928. The van der Waals surface area contributed by atoms with Gasteiger partial charge in [0.1, 0.15) is 17.0 Å². The molecule has 0 saturated carbocycles. The lowest BCUT2D eigenvalue weighted by Gasteiger charge is -2.16. The van der Waals surface area contributed by atoms with Crippen LogP contribution in [0.1, 0.15) is 26.5 Å². The van der Waals surface area contributed by atoms with E-state index in [1.165, 1.54) is 0 Å². The molecule has 8 heteroatoms. The number of amides is 2. The number of nitrogens with one attached hydrogen (secondary N) is 2. The maximum Gasteiger partial charge on any atom is 0.274 e. The van der Waals surface area contributed by atoms with Crippen molar-refractivity contribution in [2.75, 3.05) is 11.9 Å². The van der Waals surface area contributed by atoms with Crippen LogP contribution in [0.4, 0.5) is 5.69 Å². The molecule has 1 aliphatic heterocycles. The number of aromatic nitrogens is 4. The minimum atomic E-state index is -0.318. The zero-order chi connectivity index (χ0) is 19.8. The summed E-state index contributed by atoms with van der Waals surface area (Å²) in [5.74, 6) is -0.437. The van der Waals surface area contributed by atoms with Gasteiger partial charge in [0.2, 0.25) is 0 Å². The predicted molar refractivity (Wildman–Crippen MR) is 108 cm³/mol. The Morgan fingerprint density at radius 1 is 1.17 bits per heavy atom. The summed E-state index contributed by atoms with van der Waals surface area (Å²) in [6.45, 7) is 1.81. The third-order valence-electron chi connectivity index (χ3n) is 4.91. The van der Waals surface area contributed by atoms with Crippen molar-refractivity contribution in [1.29, 1.82) is 0 Å². The minimum Gasteiger partial charge on any atom is -0.349 e. The van der Waals surface area contributed by atoms with Crippen LogP contribution in [0, 0.1) is 0 Å². The van der Waals surface area contributed by atoms with E-state index < -0.39 is 0 Å². The number of fused-ring (bicyclic) bond motifs is 3. The molecular formula is C21H18N6O2. The van der Waals surface area contributed by atoms with Gasteiger partial charge in [-0.2, -0.15) is 5.10 Å². The molecule has 0 atom stereocenters. The first-order valence-electron chi connectivity index (χ1n) is 9.33. The molecule has 0 aliphatic carbocycles. The Hall–Kier alpha value is -3.94. The quantitative estimate of drug-likeness (QED) is 0.563. The van der Waals surface area contributed by atoms with Crippen molar-refractivity contribution < 1.29 is 9.59 Å². The molecule has 0 fully saturated rings. The lowest BCUT2D eigenvalue weighted by Crippen LogP contribution is -2.35. The molecule has 0 radical (unpaired) electrons. The summed E-state index contributed by atoms with van der Waals surface area (Å²) >= 11 is 0. The van der Waals surface area contributed by atoms with E-state index in [9.17, 15) is 9.59 Å². The molecule has 2 N–H and O–H groups in total. The third-order valence-corrected chi connectivity index (χ3v) is 4.91. The molecule has 4 heterocycles. The van der Waals surface area contributed by atoms with Gasteiger partial charge in [0.05, 0.1) is 18.4 Å². The minimum absolute atomic E-state index is 0.119. The molecule has 0 bridgehead atoms. The fraction of sp³-hybridized carbons (Fsp3) is 0.143. The van der Waals surface area contributed by atoms with Gasteiger partial charge in [-0.15, -0.1) is 0 Å². The number of hydrogen-bond donors (Lipinski definition) is 2. The standard InChI is InChI=1S/C21H18N6O2/c28-20(24-16-11-23-26(13-16)12-14-4-2-1-3-5-14)17-7-6-15-10-18-21(29)22-8-9-27(18)19(15)25-17/h1-7,10-11,13H,8-9,12H2,(H,22,29)(H,24,28). The summed E-state index contributed by atoms with van der Waals surface area (Å²) in [6.07, 6.45) is 3.40. The molecule has 5 rings (SSSR count). The van der Waals surface area contributed by atoms with Crippen LogP contribution in [0.15, 0.2) is 60.9 Å². The molecule has 2 amide bonds. The van der Waals surface area contributed by atoms with Crippen molar-refractivity contribution in [2.24, 2.45) is 0 Å². The summed E-state index contributed by atoms with van der Waals surface area (Å²) in [6, 6.07) is 15.3. The van der Waals surface area contributed by atoms with Gasteiger partial charge in [0.25, 0.3) is 11.8 Å². The largest absolute Gasteiger partial charge is 0.349 e. The van der Waals surface area contributed by atoms with Crippen LogP contribution < -0.4 is 10.6 Å². The Balaban J connectivity index is 1.36. The summed E-state index contributed by atoms with van der Waals surface area (Å²) in [5.41, 5.74) is 3.23. The van der Waals surface area contributed by atoms with Gasteiger partial charge in [0, 0.05) is 24.7 Å². The van der Waals surface area contributed by atoms with Gasteiger partial charge in [-0.1, -0.05) is 30.3 Å². The Kier molecular flexibility index (Phi) is 4.09. The number of hydrogen-bond acceptors (Lipinski definition) is 4. The first-order chi connectivity index (χ1) is 14.2. The number of carbonyl (C=O) groups excluding carboxylic acids is 2. The highest BCUT2D eigenvalue weighted by Crippen LogP contribution is 2.21. The van der Waals surface area contributed by atoms with E-state index in [2.05, 4.69) is 20.7 Å². The number of nitrogens with zero attached hydrogens (tertiary/aromatic N) is 4. The van der Waals surface area contributed by atoms with Crippen LogP contribution >= 0.6 is 0 Å². The summed E-state index contributed by atoms with van der Waals surface area (Å²) in [4.78, 5) is 29.2. The molecule has 0 unspecified atom stereocenters. The summed E-state index contributed by atoms with van der Waals surface area (Å²) in [5, 5.41) is 10.8. The second-order valence-corrected chi connectivity index (χ2v) is 6.91. The molecular weight excluding hydrogens is 368 g/mol. The van der Waals surface area contributed by atoms with E-state index in [0.717, 1.165) is 10.9 Å². The Labute approximate surface area is 166 Å². The van der Waals surface area contributed by atoms with Crippen LogP contribution in [-0.4, -0.2) is 37.7 Å². The number of rotatable bonds is 4. The van der Waals surface area contributed by atoms with Crippen LogP contribution in [0.3, 0.4) is 0 Å². The topological polar surface area (TPSA) is 93.8 Å². The normalized spacial score (nSPS) is 13.2. The number of anilines is 1. The van der Waals surface area contributed by atoms with Gasteiger partial charge < -0.3 is 15.2 Å². The van der Waals surface area contributed by atoms with Gasteiger partial charge in [-0.25, -0.2) is 4.98 Å². The predicted octanol–water partition coefficient (Wildman–Crippen LogP) is 2.28. The Morgan fingerprint density at radius 2 is 2.03 bits per heavy atom. The molecule has 144 valence electrons. The molecule has 1 aliphatic rings. The van der Waals surface area contributed by atoms with E-state index in [4.69, 9.17) is 0 Å². The molecule has 4 aromatic rings. The maximum atomic E-state index is 12.7. The maximum absolute atomic E-state index is 12.7. The van der Waals surface area contributed by atoms with Gasteiger partial charge >= 0.3 is 0 Å². The average molecular weight is 386 g/mol. The van der Waals surface area contributed by atoms with E-state index >= 15 is 0 Å². The molecule has 0 spiro atoms. The smallest absolute Gasteiger partial charge is 0.274 e. The zero-order valence-corrected chi connectivity index (χ0v) is 15.5. The fourth-order valence-electron chi connectivity index (χ4n) is 3.52. The molecule has 3 aromatic heterocycles. The van der Waals surface area contributed by atoms with Crippen molar-refractivity contribution in [3.05, 3.63) is 77.9 Å². The Bertz CT molecular complexity index is 1220. The monoisotopic (exact) mass is 386 g/mol. The molecule has 0 saturated heterocycles. The first-order valence-corrected chi connectivity index (χ1v) is 9.33. The average Bonchev–Trinajstić information content (AvgIpc) is 3.33. The van der Waals surface area contributed by atoms with Crippen molar-refractivity contribution in [3.63, 3.8) is 0 Å². The summed E-state index contributed by atoms with van der Waals surface area (Å²) < 4.78 is 3.62. The third kappa shape index (κ3) is 3.25. The first kappa shape index (κ1) is 17.2. The fourth-order valence-corrected chi connectivity index (χ4v) is 3.52. The highest BCUT2D eigenvalue weighted by atomic mass is 16.2. The highest BCUT2D eigenvalue weighted by Gasteiger charge is 2.21. The number of carbonyl (C=O) groups is 2. The van der Waals surface area contributed by atoms with Crippen molar-refractivity contribution in [2.45, 2.75) is 13.1 Å². The van der Waals surface area contributed by atoms with Crippen molar-refractivity contribution in [1.82, 2.24) is 24.6 Å². The van der Waals surface area contributed by atoms with Crippen LogP contribution in [-0.2, 0) is 13.1 Å². The zero-order valence-electron chi connectivity index (χ0n) is 15.5. The van der Waals surface area contributed by atoms with Crippen molar-refractivity contribution in [3.8, 4) is 0 Å². The Morgan fingerprint density at radius 3 is 2.90 bits per heavy atom. The molecule has 1 aromatic carbocycles. The van der Waals surface area contributed by atoms with Crippen molar-refractivity contribution >= 4 is 28.5 Å². The van der Waals surface area contributed by atoms with E-state index in [1.807, 2.05) is 41.0 Å². The van der Waals surface area contributed by atoms with Gasteiger partial charge in [-0.3, -0.25) is 14.3 Å². The van der Waals surface area contributed by atoms with Crippen LogP contribution in [0.5, 0.6) is 0 Å².